The Balaban J connectivity index is 2.12. The zero-order chi connectivity index (χ0) is 15.0. The number of rotatable bonds is 5. The van der Waals surface area contributed by atoms with Gasteiger partial charge in [0.05, 0.1) is 0 Å². The molecule has 1 aromatic carbocycles. The molecule has 1 saturated carbocycles. The van der Waals surface area contributed by atoms with Gasteiger partial charge in [-0.15, -0.1) is 0 Å². The van der Waals surface area contributed by atoms with Crippen LogP contribution in [0.5, 0.6) is 0 Å². The van der Waals surface area contributed by atoms with Crippen molar-refractivity contribution in [2.24, 2.45) is 11.3 Å². The molecule has 0 aromatic heterocycles. The molecule has 3 heteroatoms. The molecule has 2 rings (SSSR count). The third-order valence-electron chi connectivity index (χ3n) is 4.19. The van der Waals surface area contributed by atoms with Gasteiger partial charge in [0, 0.05) is 18.2 Å². The van der Waals surface area contributed by atoms with Crippen LogP contribution in [-0.4, -0.2) is 12.1 Å². The Kier molecular flexibility index (Phi) is 4.19. The van der Waals surface area contributed by atoms with Crippen molar-refractivity contribution in [2.45, 2.75) is 52.5 Å². The van der Waals surface area contributed by atoms with Crippen LogP contribution in [0.2, 0.25) is 0 Å². The summed E-state index contributed by atoms with van der Waals surface area (Å²) in [6, 6.07) is 3.92. The minimum absolute atomic E-state index is 0.0337. The van der Waals surface area contributed by atoms with Crippen LogP contribution in [-0.2, 0) is 6.42 Å². The number of halogens is 2. The lowest BCUT2D eigenvalue weighted by atomic mass is 9.78. The van der Waals surface area contributed by atoms with Crippen molar-refractivity contribution in [1.82, 2.24) is 5.32 Å². The Morgan fingerprint density at radius 3 is 2.30 bits per heavy atom. The van der Waals surface area contributed by atoms with Gasteiger partial charge in [0.25, 0.3) is 0 Å². The summed E-state index contributed by atoms with van der Waals surface area (Å²) >= 11 is 0. The molecule has 0 bridgehead atoms. The van der Waals surface area contributed by atoms with Gasteiger partial charge >= 0.3 is 0 Å². The van der Waals surface area contributed by atoms with Gasteiger partial charge in [0.2, 0.25) is 0 Å². The third-order valence-corrected chi connectivity index (χ3v) is 4.19. The minimum atomic E-state index is -0.507. The predicted molar refractivity (Wildman–Crippen MR) is 78.6 cm³/mol. The van der Waals surface area contributed by atoms with Gasteiger partial charge in [-0.2, -0.15) is 0 Å². The smallest absolute Gasteiger partial charge is 0.129 e. The summed E-state index contributed by atoms with van der Waals surface area (Å²) < 4.78 is 26.9. The van der Waals surface area contributed by atoms with E-state index in [1.54, 1.807) is 6.07 Å². The molecule has 1 unspecified atom stereocenters. The van der Waals surface area contributed by atoms with Gasteiger partial charge in [-0.05, 0) is 63.0 Å². The van der Waals surface area contributed by atoms with Crippen molar-refractivity contribution < 1.29 is 8.78 Å². The van der Waals surface area contributed by atoms with Gasteiger partial charge < -0.3 is 5.32 Å². The highest BCUT2D eigenvalue weighted by Gasteiger charge is 2.42. The van der Waals surface area contributed by atoms with Crippen molar-refractivity contribution in [3.8, 4) is 0 Å². The molecule has 1 aliphatic carbocycles. The molecule has 0 amide bonds. The summed E-state index contributed by atoms with van der Waals surface area (Å²) in [5.74, 6) is -0.290. The largest absolute Gasteiger partial charge is 0.312 e. The van der Waals surface area contributed by atoms with Crippen LogP contribution in [0.25, 0.3) is 0 Å². The number of hydrogen-bond acceptors (Lipinski definition) is 1. The van der Waals surface area contributed by atoms with Crippen molar-refractivity contribution in [3.63, 3.8) is 0 Å². The Morgan fingerprint density at radius 1 is 1.15 bits per heavy atom. The first-order valence-corrected chi connectivity index (χ1v) is 7.39. The van der Waals surface area contributed by atoms with Crippen LogP contribution in [0.1, 0.15) is 46.1 Å². The maximum Gasteiger partial charge on any atom is 0.129 e. The fourth-order valence-corrected chi connectivity index (χ4v) is 2.70. The van der Waals surface area contributed by atoms with Crippen LogP contribution in [0.15, 0.2) is 18.2 Å². The molecule has 1 N–H and O–H groups in total. The summed E-state index contributed by atoms with van der Waals surface area (Å²) in [6.45, 7) is 9.49. The first kappa shape index (κ1) is 15.4. The average Bonchev–Trinajstić information content (AvgIpc) is 3.14. The van der Waals surface area contributed by atoms with Crippen molar-refractivity contribution in [1.29, 1.82) is 0 Å². The third kappa shape index (κ3) is 4.02. The summed E-state index contributed by atoms with van der Waals surface area (Å²) in [5.41, 5.74) is 0.709. The Labute approximate surface area is 120 Å². The van der Waals surface area contributed by atoms with Crippen molar-refractivity contribution in [3.05, 3.63) is 35.4 Å². The molecule has 1 fully saturated rings. The maximum absolute atomic E-state index is 13.9. The highest BCUT2D eigenvalue weighted by atomic mass is 19.1. The first-order valence-electron chi connectivity index (χ1n) is 7.39. The standard InChI is InChI=1S/C17H25F2N/c1-16(2,3)20-11-17(4,13-6-7-13)10-12-5-8-14(18)9-15(12)19/h5,8-9,13,20H,6-7,10-11H2,1-4H3. The monoisotopic (exact) mass is 281 g/mol. The summed E-state index contributed by atoms with van der Waals surface area (Å²) in [7, 11) is 0. The predicted octanol–water partition coefficient (Wildman–Crippen LogP) is 4.31. The fraction of sp³-hybridized carbons (Fsp3) is 0.647. The Morgan fingerprint density at radius 2 is 1.80 bits per heavy atom. The molecule has 1 aromatic rings. The van der Waals surface area contributed by atoms with Gasteiger partial charge in [-0.25, -0.2) is 8.78 Å². The van der Waals surface area contributed by atoms with Gasteiger partial charge in [0.1, 0.15) is 11.6 Å². The van der Waals surface area contributed by atoms with E-state index in [4.69, 9.17) is 0 Å². The van der Waals surface area contributed by atoms with Crippen LogP contribution in [0.3, 0.4) is 0 Å². The van der Waals surface area contributed by atoms with E-state index >= 15 is 0 Å². The molecular weight excluding hydrogens is 256 g/mol. The number of benzene rings is 1. The van der Waals surface area contributed by atoms with Crippen LogP contribution in [0.4, 0.5) is 8.78 Å². The molecule has 0 aliphatic heterocycles. The minimum Gasteiger partial charge on any atom is -0.312 e. The molecule has 0 radical (unpaired) electrons. The zero-order valence-electron chi connectivity index (χ0n) is 12.9. The van der Waals surface area contributed by atoms with Crippen molar-refractivity contribution >= 4 is 0 Å². The van der Waals surface area contributed by atoms with Gasteiger partial charge in [-0.3, -0.25) is 0 Å². The van der Waals surface area contributed by atoms with E-state index in [9.17, 15) is 8.78 Å². The summed E-state index contributed by atoms with van der Waals surface area (Å²) in [5, 5.41) is 3.54. The molecule has 1 aliphatic rings. The van der Waals surface area contributed by atoms with Crippen LogP contribution >= 0.6 is 0 Å². The summed E-state index contributed by atoms with van der Waals surface area (Å²) in [6.07, 6.45) is 3.09. The normalized spacial score (nSPS) is 18.9. The second-order valence-corrected chi connectivity index (χ2v) is 7.44. The number of nitrogens with one attached hydrogen (secondary N) is 1. The molecule has 20 heavy (non-hydrogen) atoms. The van der Waals surface area contributed by atoms with E-state index in [1.807, 2.05) is 0 Å². The Hall–Kier alpha value is -0.960. The van der Waals surface area contributed by atoms with Crippen molar-refractivity contribution in [2.75, 3.05) is 6.54 Å². The first-order chi connectivity index (χ1) is 9.20. The molecule has 0 spiro atoms. The summed E-state index contributed by atoms with van der Waals surface area (Å²) in [4.78, 5) is 0. The molecule has 1 nitrogen and oxygen atoms in total. The van der Waals surface area contributed by atoms with Crippen LogP contribution < -0.4 is 5.32 Å². The van der Waals surface area contributed by atoms with E-state index in [2.05, 4.69) is 33.0 Å². The highest BCUT2D eigenvalue weighted by molar-refractivity contribution is 5.21. The Bertz CT molecular complexity index is 474. The fourth-order valence-electron chi connectivity index (χ4n) is 2.70. The SMILES string of the molecule is CC(C)(C)NCC(C)(Cc1ccc(F)cc1F)C1CC1. The van der Waals surface area contributed by atoms with Crippen LogP contribution in [0, 0.1) is 23.0 Å². The topological polar surface area (TPSA) is 12.0 Å². The van der Waals surface area contributed by atoms with E-state index in [-0.39, 0.29) is 11.0 Å². The highest BCUT2D eigenvalue weighted by Crippen LogP contribution is 2.47. The lowest BCUT2D eigenvalue weighted by Crippen LogP contribution is -2.44. The van der Waals surface area contributed by atoms with E-state index in [1.165, 1.54) is 18.9 Å². The molecule has 1 atom stereocenters. The zero-order valence-corrected chi connectivity index (χ0v) is 12.9. The molecule has 0 saturated heterocycles. The maximum atomic E-state index is 13.9. The lowest BCUT2D eigenvalue weighted by Gasteiger charge is -2.34. The second kappa shape index (κ2) is 5.44. The molecule has 112 valence electrons. The van der Waals surface area contributed by atoms with E-state index in [0.29, 0.717) is 17.9 Å². The second-order valence-electron chi connectivity index (χ2n) is 7.44. The van der Waals surface area contributed by atoms with E-state index in [0.717, 1.165) is 12.6 Å². The lowest BCUT2D eigenvalue weighted by molar-refractivity contribution is 0.225. The van der Waals surface area contributed by atoms with Gasteiger partial charge in [-0.1, -0.05) is 13.0 Å². The quantitative estimate of drug-likeness (QED) is 0.848. The van der Waals surface area contributed by atoms with Gasteiger partial charge in [0.15, 0.2) is 0 Å². The van der Waals surface area contributed by atoms with E-state index < -0.39 is 11.6 Å². The number of hydrogen-bond donors (Lipinski definition) is 1. The molecular formula is C17H25F2N. The average molecular weight is 281 g/mol. The molecule has 0 heterocycles.